The molecular formula is C14H22FN. The van der Waals surface area contributed by atoms with Crippen LogP contribution in [0.1, 0.15) is 38.8 Å². The topological polar surface area (TPSA) is 12.0 Å². The van der Waals surface area contributed by atoms with Crippen molar-refractivity contribution in [1.82, 2.24) is 5.32 Å². The number of halogens is 1. The van der Waals surface area contributed by atoms with E-state index in [4.69, 9.17) is 0 Å². The van der Waals surface area contributed by atoms with Crippen molar-refractivity contribution in [1.29, 1.82) is 0 Å². The molecule has 16 heavy (non-hydrogen) atoms. The number of benzene rings is 1. The molecule has 0 fully saturated rings. The third-order valence-corrected chi connectivity index (χ3v) is 2.84. The van der Waals surface area contributed by atoms with Gasteiger partial charge in [0.2, 0.25) is 0 Å². The molecule has 1 atom stereocenters. The lowest BCUT2D eigenvalue weighted by molar-refractivity contribution is 0.190. The van der Waals surface area contributed by atoms with Gasteiger partial charge < -0.3 is 5.32 Å². The Kier molecular flexibility index (Phi) is 3.74. The molecule has 0 heterocycles. The van der Waals surface area contributed by atoms with Gasteiger partial charge in [0.05, 0.1) is 0 Å². The summed E-state index contributed by atoms with van der Waals surface area (Å²) in [5.74, 6) is 0. The van der Waals surface area contributed by atoms with Gasteiger partial charge in [-0.15, -0.1) is 0 Å². The predicted octanol–water partition coefficient (Wildman–Crippen LogP) is 3.39. The van der Waals surface area contributed by atoms with Crippen LogP contribution in [-0.2, 0) is 11.1 Å². The SMILES string of the molecule is CNCC(C)(F)c1cccc(C(C)(C)C)c1. The van der Waals surface area contributed by atoms with Gasteiger partial charge in [-0.05, 0) is 30.5 Å². The summed E-state index contributed by atoms with van der Waals surface area (Å²) in [6.45, 7) is 8.37. The van der Waals surface area contributed by atoms with E-state index in [1.165, 1.54) is 5.56 Å². The van der Waals surface area contributed by atoms with E-state index < -0.39 is 5.67 Å². The van der Waals surface area contributed by atoms with Crippen LogP contribution in [0, 0.1) is 0 Å². The first-order valence-electron chi connectivity index (χ1n) is 5.72. The van der Waals surface area contributed by atoms with Crippen LogP contribution >= 0.6 is 0 Å². The van der Waals surface area contributed by atoms with Crippen molar-refractivity contribution in [2.75, 3.05) is 13.6 Å². The van der Waals surface area contributed by atoms with Crippen molar-refractivity contribution in [3.63, 3.8) is 0 Å². The highest BCUT2D eigenvalue weighted by atomic mass is 19.1. The van der Waals surface area contributed by atoms with E-state index in [0.717, 1.165) is 5.56 Å². The normalized spacial score (nSPS) is 15.9. The molecule has 0 aliphatic rings. The van der Waals surface area contributed by atoms with Gasteiger partial charge in [-0.25, -0.2) is 4.39 Å². The van der Waals surface area contributed by atoms with E-state index in [0.29, 0.717) is 6.54 Å². The Morgan fingerprint density at radius 1 is 1.12 bits per heavy atom. The number of alkyl halides is 1. The Bertz CT molecular complexity index is 350. The first-order valence-corrected chi connectivity index (χ1v) is 5.72. The summed E-state index contributed by atoms with van der Waals surface area (Å²) >= 11 is 0. The molecule has 0 amide bonds. The van der Waals surface area contributed by atoms with Crippen LogP contribution in [0.15, 0.2) is 24.3 Å². The minimum atomic E-state index is -1.31. The predicted molar refractivity (Wildman–Crippen MR) is 67.5 cm³/mol. The molecule has 0 bridgehead atoms. The lowest BCUT2D eigenvalue weighted by atomic mass is 9.84. The highest BCUT2D eigenvalue weighted by Gasteiger charge is 2.26. The summed E-state index contributed by atoms with van der Waals surface area (Å²) < 4.78 is 14.3. The highest BCUT2D eigenvalue weighted by molar-refractivity contribution is 5.32. The lowest BCUT2D eigenvalue weighted by Crippen LogP contribution is -2.29. The molecule has 0 aliphatic carbocycles. The molecule has 1 nitrogen and oxygen atoms in total. The van der Waals surface area contributed by atoms with Crippen LogP contribution in [-0.4, -0.2) is 13.6 Å². The van der Waals surface area contributed by atoms with Crippen molar-refractivity contribution in [3.8, 4) is 0 Å². The van der Waals surface area contributed by atoms with E-state index in [9.17, 15) is 4.39 Å². The second-order valence-electron chi connectivity index (χ2n) is 5.56. The first kappa shape index (κ1) is 13.2. The minimum absolute atomic E-state index is 0.0612. The molecular weight excluding hydrogens is 201 g/mol. The summed E-state index contributed by atoms with van der Waals surface area (Å²) in [6.07, 6.45) is 0. The van der Waals surface area contributed by atoms with Gasteiger partial charge in [0.15, 0.2) is 0 Å². The summed E-state index contributed by atoms with van der Waals surface area (Å²) in [5.41, 5.74) is 0.668. The van der Waals surface area contributed by atoms with E-state index in [1.54, 1.807) is 14.0 Å². The Morgan fingerprint density at radius 3 is 2.19 bits per heavy atom. The summed E-state index contributed by atoms with van der Waals surface area (Å²) in [4.78, 5) is 0. The Morgan fingerprint density at radius 2 is 1.69 bits per heavy atom. The van der Waals surface area contributed by atoms with Gasteiger partial charge in [-0.2, -0.15) is 0 Å². The number of hydrogen-bond acceptors (Lipinski definition) is 1. The largest absolute Gasteiger partial charge is 0.316 e. The van der Waals surface area contributed by atoms with Crippen LogP contribution in [0.5, 0.6) is 0 Å². The van der Waals surface area contributed by atoms with E-state index in [1.807, 2.05) is 18.2 Å². The van der Waals surface area contributed by atoms with Crippen molar-refractivity contribution in [3.05, 3.63) is 35.4 Å². The Labute approximate surface area is 98.1 Å². The summed E-state index contributed by atoms with van der Waals surface area (Å²) in [6, 6.07) is 7.81. The molecule has 0 saturated carbocycles. The van der Waals surface area contributed by atoms with Crippen molar-refractivity contribution < 1.29 is 4.39 Å². The fourth-order valence-corrected chi connectivity index (χ4v) is 1.74. The second-order valence-corrected chi connectivity index (χ2v) is 5.56. The molecule has 0 radical (unpaired) electrons. The maximum Gasteiger partial charge on any atom is 0.145 e. The number of nitrogens with one attached hydrogen (secondary N) is 1. The quantitative estimate of drug-likeness (QED) is 0.828. The molecule has 0 aliphatic heterocycles. The fraction of sp³-hybridized carbons (Fsp3) is 0.571. The highest BCUT2D eigenvalue weighted by Crippen LogP contribution is 2.29. The maximum atomic E-state index is 14.3. The van der Waals surface area contributed by atoms with Crippen molar-refractivity contribution >= 4 is 0 Å². The average molecular weight is 223 g/mol. The van der Waals surface area contributed by atoms with Gasteiger partial charge in [0.1, 0.15) is 5.67 Å². The third-order valence-electron chi connectivity index (χ3n) is 2.84. The van der Waals surface area contributed by atoms with Gasteiger partial charge >= 0.3 is 0 Å². The molecule has 1 unspecified atom stereocenters. The molecule has 90 valence electrons. The number of rotatable bonds is 3. The van der Waals surface area contributed by atoms with Crippen molar-refractivity contribution in [2.45, 2.75) is 38.8 Å². The summed E-state index contributed by atoms with van der Waals surface area (Å²) in [7, 11) is 1.77. The molecule has 1 aromatic carbocycles. The van der Waals surface area contributed by atoms with Crippen LogP contribution in [0.4, 0.5) is 4.39 Å². The molecule has 1 N–H and O–H groups in total. The van der Waals surface area contributed by atoms with Crippen LogP contribution in [0.25, 0.3) is 0 Å². The second kappa shape index (κ2) is 4.54. The molecule has 2 heteroatoms. The van der Waals surface area contributed by atoms with E-state index >= 15 is 0 Å². The smallest absolute Gasteiger partial charge is 0.145 e. The monoisotopic (exact) mass is 223 g/mol. The summed E-state index contributed by atoms with van der Waals surface area (Å²) in [5, 5.41) is 2.89. The van der Waals surface area contributed by atoms with Gasteiger partial charge in [0, 0.05) is 6.54 Å². The third kappa shape index (κ3) is 3.05. The minimum Gasteiger partial charge on any atom is -0.316 e. The van der Waals surface area contributed by atoms with Gasteiger partial charge in [-0.1, -0.05) is 45.0 Å². The maximum absolute atomic E-state index is 14.3. The molecule has 1 rings (SSSR count). The molecule has 0 spiro atoms. The molecule has 0 saturated heterocycles. The lowest BCUT2D eigenvalue weighted by Gasteiger charge is -2.24. The number of likely N-dealkylation sites (N-methyl/N-ethyl adjacent to an activating group) is 1. The zero-order valence-electron chi connectivity index (χ0n) is 10.9. The average Bonchev–Trinajstić information content (AvgIpc) is 2.16. The van der Waals surface area contributed by atoms with E-state index in [2.05, 4.69) is 32.2 Å². The van der Waals surface area contributed by atoms with Crippen LogP contribution < -0.4 is 5.32 Å². The fourth-order valence-electron chi connectivity index (χ4n) is 1.74. The van der Waals surface area contributed by atoms with Crippen LogP contribution in [0.3, 0.4) is 0 Å². The van der Waals surface area contributed by atoms with Crippen molar-refractivity contribution in [2.24, 2.45) is 0 Å². The standard InChI is InChI=1S/C14H22FN/c1-13(2,3)11-7-6-8-12(9-11)14(4,15)10-16-5/h6-9,16H,10H2,1-5H3. The Hall–Kier alpha value is -0.890. The molecule has 1 aromatic rings. The zero-order valence-corrected chi connectivity index (χ0v) is 10.9. The number of hydrogen-bond donors (Lipinski definition) is 1. The van der Waals surface area contributed by atoms with Gasteiger partial charge in [0.25, 0.3) is 0 Å². The van der Waals surface area contributed by atoms with Gasteiger partial charge in [-0.3, -0.25) is 0 Å². The Balaban J connectivity index is 3.08. The van der Waals surface area contributed by atoms with E-state index in [-0.39, 0.29) is 5.41 Å². The zero-order chi connectivity index (χ0) is 12.4. The molecule has 0 aromatic heterocycles. The van der Waals surface area contributed by atoms with Crippen LogP contribution in [0.2, 0.25) is 0 Å². The first-order chi connectivity index (χ1) is 7.27.